The highest BCUT2D eigenvalue weighted by Crippen LogP contribution is 2.30. The maximum Gasteiger partial charge on any atom is 0.417 e. The Labute approximate surface area is 157 Å². The van der Waals surface area contributed by atoms with Crippen molar-refractivity contribution in [1.82, 2.24) is 9.97 Å². The van der Waals surface area contributed by atoms with Crippen LogP contribution in [0.1, 0.15) is 21.6 Å². The van der Waals surface area contributed by atoms with Crippen LogP contribution in [0, 0.1) is 6.92 Å². The Morgan fingerprint density at radius 1 is 1.07 bits per heavy atom. The Hall–Kier alpha value is -3.62. The molecule has 0 spiro atoms. The lowest BCUT2D eigenvalue weighted by molar-refractivity contribution is -0.137. The van der Waals surface area contributed by atoms with Crippen LogP contribution in [0.5, 0.6) is 17.4 Å². The molecule has 0 aliphatic rings. The van der Waals surface area contributed by atoms with Gasteiger partial charge < -0.3 is 15.2 Å². The van der Waals surface area contributed by atoms with Gasteiger partial charge in [-0.2, -0.15) is 13.2 Å². The zero-order valence-electron chi connectivity index (χ0n) is 14.5. The Morgan fingerprint density at radius 2 is 1.79 bits per heavy atom. The third-order valence-corrected chi connectivity index (χ3v) is 3.74. The number of benzene rings is 1. The fourth-order valence-corrected chi connectivity index (χ4v) is 2.24. The molecule has 0 radical (unpaired) electrons. The van der Waals surface area contributed by atoms with E-state index in [1.165, 1.54) is 30.5 Å². The van der Waals surface area contributed by atoms with Crippen molar-refractivity contribution in [3.8, 4) is 17.4 Å². The third kappa shape index (κ3) is 4.37. The van der Waals surface area contributed by atoms with E-state index in [9.17, 15) is 23.1 Å². The molecule has 0 saturated heterocycles. The molecular formula is C19H14F3N3O3. The maximum absolute atomic E-state index is 12.5. The van der Waals surface area contributed by atoms with Crippen LogP contribution < -0.4 is 10.1 Å². The number of ether oxygens (including phenoxy) is 1. The van der Waals surface area contributed by atoms with Crippen LogP contribution in [0.25, 0.3) is 0 Å². The van der Waals surface area contributed by atoms with E-state index in [0.717, 1.165) is 12.1 Å². The number of alkyl halides is 3. The first-order valence-electron chi connectivity index (χ1n) is 8.01. The van der Waals surface area contributed by atoms with Gasteiger partial charge in [0, 0.05) is 24.1 Å². The van der Waals surface area contributed by atoms with Gasteiger partial charge in [0.05, 0.1) is 5.56 Å². The first kappa shape index (κ1) is 19.2. The summed E-state index contributed by atoms with van der Waals surface area (Å²) < 4.78 is 43.0. The van der Waals surface area contributed by atoms with Gasteiger partial charge in [-0.1, -0.05) is 0 Å². The number of carbonyl (C=O) groups is 1. The van der Waals surface area contributed by atoms with Crippen molar-refractivity contribution in [1.29, 1.82) is 0 Å². The standard InChI is InChI=1S/C19H14F3N3O3/c1-11-8-9-23-16(17(11)26)18(27)25-13-3-5-14(6-4-13)28-15-7-2-12(10-24-15)19(20,21)22/h2-10,26H,1H3,(H,25,27). The summed E-state index contributed by atoms with van der Waals surface area (Å²) in [5, 5.41) is 12.5. The summed E-state index contributed by atoms with van der Waals surface area (Å²) in [4.78, 5) is 19.7. The van der Waals surface area contributed by atoms with Gasteiger partial charge in [0.15, 0.2) is 5.69 Å². The molecule has 1 aromatic carbocycles. The molecule has 0 aliphatic heterocycles. The summed E-state index contributed by atoms with van der Waals surface area (Å²) in [6.07, 6.45) is -2.37. The molecule has 2 aromatic heterocycles. The highest BCUT2D eigenvalue weighted by molar-refractivity contribution is 6.04. The number of nitrogens with zero attached hydrogens (tertiary/aromatic N) is 2. The summed E-state index contributed by atoms with van der Waals surface area (Å²) in [6, 6.07) is 9.65. The molecule has 9 heteroatoms. The molecule has 0 aliphatic carbocycles. The summed E-state index contributed by atoms with van der Waals surface area (Å²) in [5.74, 6) is -0.465. The van der Waals surface area contributed by atoms with E-state index in [1.807, 2.05) is 0 Å². The number of pyridine rings is 2. The van der Waals surface area contributed by atoms with Crippen molar-refractivity contribution in [2.75, 3.05) is 5.32 Å². The largest absolute Gasteiger partial charge is 0.505 e. The highest BCUT2D eigenvalue weighted by Gasteiger charge is 2.30. The first-order chi connectivity index (χ1) is 13.2. The summed E-state index contributed by atoms with van der Waals surface area (Å²) in [7, 11) is 0. The van der Waals surface area contributed by atoms with Gasteiger partial charge in [-0.05, 0) is 48.9 Å². The van der Waals surface area contributed by atoms with E-state index < -0.39 is 17.6 Å². The monoisotopic (exact) mass is 389 g/mol. The van der Waals surface area contributed by atoms with Gasteiger partial charge in [-0.15, -0.1) is 0 Å². The second-order valence-electron chi connectivity index (χ2n) is 5.79. The van der Waals surface area contributed by atoms with Gasteiger partial charge in [0.2, 0.25) is 5.88 Å². The van der Waals surface area contributed by atoms with E-state index >= 15 is 0 Å². The number of rotatable bonds is 4. The molecule has 0 saturated carbocycles. The van der Waals surface area contributed by atoms with Crippen LogP contribution in [-0.2, 0) is 6.18 Å². The van der Waals surface area contributed by atoms with Crippen LogP contribution in [0.15, 0.2) is 54.9 Å². The van der Waals surface area contributed by atoms with Crippen LogP contribution in [0.2, 0.25) is 0 Å². The van der Waals surface area contributed by atoms with Crippen LogP contribution in [0.3, 0.4) is 0 Å². The Balaban J connectivity index is 1.66. The van der Waals surface area contributed by atoms with Crippen molar-refractivity contribution >= 4 is 11.6 Å². The molecule has 28 heavy (non-hydrogen) atoms. The molecule has 0 fully saturated rings. The zero-order valence-corrected chi connectivity index (χ0v) is 14.5. The van der Waals surface area contributed by atoms with Crippen molar-refractivity contribution < 1.29 is 27.8 Å². The number of hydrogen-bond acceptors (Lipinski definition) is 5. The van der Waals surface area contributed by atoms with Crippen LogP contribution >= 0.6 is 0 Å². The topological polar surface area (TPSA) is 84.3 Å². The fraction of sp³-hybridized carbons (Fsp3) is 0.105. The van der Waals surface area contributed by atoms with Crippen LogP contribution in [0.4, 0.5) is 18.9 Å². The Bertz CT molecular complexity index is 988. The summed E-state index contributed by atoms with van der Waals surface area (Å²) in [5.41, 5.74) is -0.0337. The fourth-order valence-electron chi connectivity index (χ4n) is 2.24. The Kier molecular flexibility index (Phi) is 5.16. The normalized spacial score (nSPS) is 11.1. The SMILES string of the molecule is Cc1ccnc(C(=O)Nc2ccc(Oc3ccc(C(F)(F)F)cn3)cc2)c1O. The Morgan fingerprint density at radius 3 is 2.39 bits per heavy atom. The molecule has 3 rings (SSSR count). The molecule has 2 N–H and O–H groups in total. The van der Waals surface area contributed by atoms with Crippen molar-refractivity contribution in [2.24, 2.45) is 0 Å². The zero-order chi connectivity index (χ0) is 20.3. The smallest absolute Gasteiger partial charge is 0.417 e. The summed E-state index contributed by atoms with van der Waals surface area (Å²) >= 11 is 0. The molecule has 144 valence electrons. The van der Waals surface area contributed by atoms with E-state index in [1.54, 1.807) is 13.0 Å². The second kappa shape index (κ2) is 7.55. The van der Waals surface area contributed by atoms with Gasteiger partial charge >= 0.3 is 6.18 Å². The predicted octanol–water partition coefficient (Wildman–Crippen LogP) is 4.55. The quantitative estimate of drug-likeness (QED) is 0.684. The second-order valence-corrected chi connectivity index (χ2v) is 5.79. The van der Waals surface area contributed by atoms with E-state index in [0.29, 0.717) is 23.2 Å². The minimum Gasteiger partial charge on any atom is -0.505 e. The van der Waals surface area contributed by atoms with Crippen molar-refractivity contribution in [3.05, 3.63) is 71.7 Å². The first-order valence-corrected chi connectivity index (χ1v) is 8.01. The number of amides is 1. The number of hydrogen-bond donors (Lipinski definition) is 2. The molecule has 0 bridgehead atoms. The maximum atomic E-state index is 12.5. The van der Waals surface area contributed by atoms with Crippen molar-refractivity contribution in [3.63, 3.8) is 0 Å². The van der Waals surface area contributed by atoms with E-state index in [4.69, 9.17) is 4.74 Å². The number of halogens is 3. The number of anilines is 1. The molecule has 2 heterocycles. The lowest BCUT2D eigenvalue weighted by atomic mass is 10.2. The lowest BCUT2D eigenvalue weighted by Crippen LogP contribution is -2.14. The predicted molar refractivity (Wildman–Crippen MR) is 94.3 cm³/mol. The third-order valence-electron chi connectivity index (χ3n) is 3.74. The van der Waals surface area contributed by atoms with Crippen LogP contribution in [-0.4, -0.2) is 21.0 Å². The molecular weight excluding hydrogens is 375 g/mol. The highest BCUT2D eigenvalue weighted by atomic mass is 19.4. The average molecular weight is 389 g/mol. The number of carbonyl (C=O) groups excluding carboxylic acids is 1. The average Bonchev–Trinajstić information content (AvgIpc) is 2.65. The number of aryl methyl sites for hydroxylation is 1. The molecule has 6 nitrogen and oxygen atoms in total. The molecule has 1 amide bonds. The lowest BCUT2D eigenvalue weighted by Gasteiger charge is -2.09. The van der Waals surface area contributed by atoms with Crippen molar-refractivity contribution in [2.45, 2.75) is 13.1 Å². The van der Waals surface area contributed by atoms with Gasteiger partial charge in [-0.3, -0.25) is 4.79 Å². The molecule has 0 unspecified atom stereocenters. The van der Waals surface area contributed by atoms with E-state index in [-0.39, 0.29) is 17.3 Å². The molecule has 3 aromatic rings. The van der Waals surface area contributed by atoms with Gasteiger partial charge in [0.25, 0.3) is 5.91 Å². The number of nitrogens with one attached hydrogen (secondary N) is 1. The summed E-state index contributed by atoms with van der Waals surface area (Å²) in [6.45, 7) is 1.65. The number of aromatic hydroxyl groups is 1. The van der Waals surface area contributed by atoms with E-state index in [2.05, 4.69) is 15.3 Å². The minimum atomic E-state index is -4.47. The number of aromatic nitrogens is 2. The molecule has 0 atom stereocenters. The minimum absolute atomic E-state index is 0.00123. The van der Waals surface area contributed by atoms with Gasteiger partial charge in [0.1, 0.15) is 11.5 Å². The van der Waals surface area contributed by atoms with Gasteiger partial charge in [-0.25, -0.2) is 9.97 Å².